The van der Waals surface area contributed by atoms with Crippen LogP contribution in [0.2, 0.25) is 10.0 Å². The van der Waals surface area contributed by atoms with Crippen LogP contribution in [0, 0.1) is 35.3 Å². The third-order valence-corrected chi connectivity index (χ3v) is 11.9. The fourth-order valence-corrected chi connectivity index (χ4v) is 7.84. The second-order valence-corrected chi connectivity index (χ2v) is 17.0. The van der Waals surface area contributed by atoms with Crippen LogP contribution in [-0.2, 0) is 25.5 Å². The number of nitrogen functional groups attached to an aromatic ring is 1. The van der Waals surface area contributed by atoms with Crippen molar-refractivity contribution in [3.05, 3.63) is 137 Å². The van der Waals surface area contributed by atoms with E-state index in [1.807, 2.05) is 26.2 Å². The summed E-state index contributed by atoms with van der Waals surface area (Å²) in [6.07, 6.45) is 6.66. The Hall–Kier alpha value is -7.02. The van der Waals surface area contributed by atoms with Gasteiger partial charge in [0.15, 0.2) is 17.4 Å². The van der Waals surface area contributed by atoms with Crippen LogP contribution in [0.3, 0.4) is 0 Å². The number of rotatable bonds is 10. The fraction of sp³-hybridized carbons (Fsp3) is 0.255. The molecule has 2 aromatic heterocycles. The zero-order valence-corrected chi connectivity index (χ0v) is 39.8. The average Bonchev–Trinajstić information content (AvgIpc) is 3.92. The number of nitrogens with zero attached hydrogens (tertiary/aromatic N) is 6. The predicted molar refractivity (Wildman–Crippen MR) is 267 cm³/mol. The molecular formula is C51H49Cl2F2N9O5. The molecule has 4 heterocycles. The van der Waals surface area contributed by atoms with Crippen molar-refractivity contribution in [2.45, 2.75) is 30.5 Å². The zero-order chi connectivity index (χ0) is 49.9. The molecule has 0 amide bonds. The van der Waals surface area contributed by atoms with Gasteiger partial charge in [-0.15, -0.1) is 0 Å². The Kier molecular flexibility index (Phi) is 17.0. The molecule has 2 aliphatic rings. The van der Waals surface area contributed by atoms with E-state index in [4.69, 9.17) is 43.5 Å². The number of benzene rings is 4. The largest absolute Gasteiger partial charge is 0.478 e. The van der Waals surface area contributed by atoms with Gasteiger partial charge in [-0.25, -0.2) is 33.5 Å². The SMILES string of the molecule is C=CC(=O)Cc1cc2c(Nc3cccc(Cl)c3F)ncnc2cc1C#C[C@@]1(OC)CCN(C)C1.C=CC(=O)O.CO[C@]1(C#Cc2cc3ncnc(Nc4cccc(Cl)c4F)c3cc2N)CCN(C)C1. The number of ketones is 1. The lowest BCUT2D eigenvalue weighted by atomic mass is 9.97. The molecule has 4 aromatic carbocycles. The maximum Gasteiger partial charge on any atom is 0.327 e. The summed E-state index contributed by atoms with van der Waals surface area (Å²) >= 11 is 11.8. The normalized spacial score (nSPS) is 17.5. The Labute approximate surface area is 408 Å². The van der Waals surface area contributed by atoms with Crippen LogP contribution in [0.25, 0.3) is 21.8 Å². The van der Waals surface area contributed by atoms with Gasteiger partial charge in [-0.2, -0.15) is 0 Å². The van der Waals surface area contributed by atoms with E-state index in [9.17, 15) is 18.4 Å². The smallest absolute Gasteiger partial charge is 0.327 e. The van der Waals surface area contributed by atoms with Gasteiger partial charge in [0.25, 0.3) is 0 Å². The summed E-state index contributed by atoms with van der Waals surface area (Å²) in [5.74, 6) is 11.5. The average molecular weight is 977 g/mol. The van der Waals surface area contributed by atoms with E-state index in [-0.39, 0.29) is 33.6 Å². The quantitative estimate of drug-likeness (QED) is 0.0582. The van der Waals surface area contributed by atoms with Crippen molar-refractivity contribution >= 4 is 85.5 Å². The number of likely N-dealkylation sites (tertiary alicyclic amines) is 2. The Morgan fingerprint density at radius 3 is 1.68 bits per heavy atom. The van der Waals surface area contributed by atoms with Gasteiger partial charge in [-0.3, -0.25) is 4.79 Å². The lowest BCUT2D eigenvalue weighted by molar-refractivity contribution is -0.131. The van der Waals surface area contributed by atoms with Crippen molar-refractivity contribution in [3.8, 4) is 23.7 Å². The summed E-state index contributed by atoms with van der Waals surface area (Å²) in [7, 11) is 7.41. The van der Waals surface area contributed by atoms with Gasteiger partial charge in [0.05, 0.1) is 32.5 Å². The fourth-order valence-electron chi connectivity index (χ4n) is 7.49. The number of carbonyl (C=O) groups excluding carboxylic acids is 1. The number of aromatic nitrogens is 4. The molecule has 0 aliphatic carbocycles. The highest BCUT2D eigenvalue weighted by atomic mass is 35.5. The maximum absolute atomic E-state index is 14.5. The number of nitrogens with two attached hydrogens (primary N) is 1. The van der Waals surface area contributed by atoms with Gasteiger partial charge in [0.1, 0.15) is 35.5 Å². The first-order valence-electron chi connectivity index (χ1n) is 21.3. The van der Waals surface area contributed by atoms with Gasteiger partial charge < -0.3 is 40.7 Å². The Morgan fingerprint density at radius 2 is 1.25 bits per heavy atom. The Bertz CT molecular complexity index is 3070. The van der Waals surface area contributed by atoms with E-state index in [0.717, 1.165) is 38.6 Å². The summed E-state index contributed by atoms with van der Waals surface area (Å²) in [5.41, 5.74) is 9.37. The lowest BCUT2D eigenvalue weighted by Gasteiger charge is -2.20. The first-order chi connectivity index (χ1) is 33.0. The van der Waals surface area contributed by atoms with Gasteiger partial charge in [-0.05, 0) is 74.3 Å². The number of carboxylic acids is 1. The van der Waals surface area contributed by atoms with Crippen molar-refractivity contribution in [3.63, 3.8) is 0 Å². The number of halogens is 4. The number of ether oxygens (including phenoxy) is 2. The minimum Gasteiger partial charge on any atom is -0.478 e. The topological polar surface area (TPSA) is 181 Å². The number of methoxy groups -OCH3 is 2. The molecule has 14 nitrogen and oxygen atoms in total. The molecule has 8 rings (SSSR count). The molecule has 0 bridgehead atoms. The molecular weight excluding hydrogens is 928 g/mol. The third-order valence-electron chi connectivity index (χ3n) is 11.3. The number of nitrogens with one attached hydrogen (secondary N) is 2. The van der Waals surface area contributed by atoms with Gasteiger partial charge in [-0.1, -0.05) is 72.2 Å². The molecule has 0 unspecified atom stereocenters. The number of carboxylic acid groups (broad SMARTS) is 1. The molecule has 2 fully saturated rings. The van der Waals surface area contributed by atoms with E-state index < -0.39 is 28.8 Å². The molecule has 18 heteroatoms. The number of hydrogen-bond donors (Lipinski definition) is 4. The van der Waals surface area contributed by atoms with Crippen LogP contribution >= 0.6 is 23.2 Å². The Balaban J connectivity index is 0.000000208. The van der Waals surface area contributed by atoms with Crippen LogP contribution < -0.4 is 16.4 Å². The predicted octanol–water partition coefficient (Wildman–Crippen LogP) is 8.61. The number of anilines is 5. The lowest BCUT2D eigenvalue weighted by Crippen LogP contribution is -2.32. The van der Waals surface area contributed by atoms with Crippen LogP contribution in [0.5, 0.6) is 0 Å². The third kappa shape index (κ3) is 12.8. The van der Waals surface area contributed by atoms with Crippen LogP contribution in [0.1, 0.15) is 29.5 Å². The first kappa shape index (κ1) is 51.4. The summed E-state index contributed by atoms with van der Waals surface area (Å²) in [6, 6.07) is 16.6. The summed E-state index contributed by atoms with van der Waals surface area (Å²) in [6.45, 7) is 9.80. The van der Waals surface area contributed by atoms with Gasteiger partial charge in [0, 0.05) is 93.3 Å². The van der Waals surface area contributed by atoms with Crippen molar-refractivity contribution in [2.24, 2.45) is 0 Å². The number of carbonyl (C=O) groups is 2. The molecule has 0 spiro atoms. The minimum atomic E-state index is -0.981. The van der Waals surface area contributed by atoms with E-state index >= 15 is 0 Å². The highest BCUT2D eigenvalue weighted by Crippen LogP contribution is 2.32. The summed E-state index contributed by atoms with van der Waals surface area (Å²) < 4.78 is 40.2. The van der Waals surface area contributed by atoms with Crippen LogP contribution in [-0.4, -0.2) is 112 Å². The van der Waals surface area contributed by atoms with Crippen LogP contribution in [0.15, 0.2) is 98.6 Å². The molecule has 5 N–H and O–H groups in total. The standard InChI is InChI=1S/C26H24ClFN4O2.C22H21ClFN5O.C3H4O2/c1-4-19(33)12-18-13-20-23(14-17(18)8-9-26(34-3)10-11-32(2)15-26)29-16-30-25(20)31-22-7-5-6-21(27)24(22)28;1-29-9-8-22(12-29,30-2)7-6-14-10-19-15(11-17(14)25)21(27-13-26-19)28-18-5-3-4-16(23)20(18)24;1-2-3(4)5/h4-7,13-14,16H,1,10-12,15H2,2-3H3,(H,29,30,31);3-5,10-11,13H,8-9,12,25H2,1-2H3,(H,26,27,28);2H,1H2,(H,4,5)/t26-;22-;/m11./s1. The van der Waals surface area contributed by atoms with E-state index in [1.54, 1.807) is 50.6 Å². The van der Waals surface area contributed by atoms with Gasteiger partial charge >= 0.3 is 5.97 Å². The molecule has 2 saturated heterocycles. The number of aliphatic carboxylic acids is 1. The second kappa shape index (κ2) is 22.9. The molecule has 0 radical (unpaired) electrons. The first-order valence-corrected chi connectivity index (χ1v) is 22.1. The molecule has 6 aromatic rings. The summed E-state index contributed by atoms with van der Waals surface area (Å²) in [4.78, 5) is 43.1. The second-order valence-electron chi connectivity index (χ2n) is 16.1. The maximum atomic E-state index is 14.5. The van der Waals surface area contributed by atoms with Gasteiger partial charge in [0.2, 0.25) is 0 Å². The number of likely N-dealkylation sites (N-methyl/N-ethyl adjacent to an activating group) is 2. The highest BCUT2D eigenvalue weighted by Gasteiger charge is 2.36. The molecule has 0 saturated carbocycles. The number of fused-ring (bicyclic) bond motifs is 2. The van der Waals surface area contributed by atoms with E-state index in [0.29, 0.717) is 62.4 Å². The minimum absolute atomic E-state index is 0.00261. The van der Waals surface area contributed by atoms with Crippen molar-refractivity contribution in [2.75, 3.05) is 70.9 Å². The van der Waals surface area contributed by atoms with Crippen molar-refractivity contribution < 1.29 is 33.0 Å². The van der Waals surface area contributed by atoms with Crippen molar-refractivity contribution in [1.29, 1.82) is 0 Å². The summed E-state index contributed by atoms with van der Waals surface area (Å²) in [5, 5.41) is 14.9. The Morgan fingerprint density at radius 1 is 0.783 bits per heavy atom. The van der Waals surface area contributed by atoms with E-state index in [2.05, 4.69) is 77.2 Å². The number of hydrogen-bond acceptors (Lipinski definition) is 13. The van der Waals surface area contributed by atoms with E-state index in [1.165, 1.54) is 30.9 Å². The van der Waals surface area contributed by atoms with Crippen LogP contribution in [0.4, 0.5) is 37.5 Å². The molecule has 2 atom stereocenters. The zero-order valence-electron chi connectivity index (χ0n) is 38.3. The molecule has 356 valence electrons. The molecule has 69 heavy (non-hydrogen) atoms. The highest BCUT2D eigenvalue weighted by molar-refractivity contribution is 6.31. The monoisotopic (exact) mass is 975 g/mol. The van der Waals surface area contributed by atoms with Crippen molar-refractivity contribution in [1.82, 2.24) is 29.7 Å². The number of allylic oxidation sites excluding steroid dienone is 1. The molecule has 2 aliphatic heterocycles.